The topological polar surface area (TPSA) is 50.1 Å². The normalized spacial score (nSPS) is 10.8. The average Bonchev–Trinajstić information content (AvgIpc) is 2.27. The predicted octanol–water partition coefficient (Wildman–Crippen LogP) is 2.56. The molecule has 1 aromatic carbocycles. The lowest BCUT2D eigenvalue weighted by Crippen LogP contribution is -2.09. The number of hydrogen-bond acceptors (Lipinski definition) is 3. The lowest BCUT2D eigenvalue weighted by Gasteiger charge is -2.10. The average molecular weight is 243 g/mol. The van der Waals surface area contributed by atoms with E-state index in [1.165, 1.54) is 6.07 Å². The molecule has 0 radical (unpaired) electrons. The number of nitriles is 1. The number of nitrogens with zero attached hydrogens (tertiary/aromatic N) is 1. The number of halogens is 3. The smallest absolute Gasteiger partial charge is 0.416 e. The Morgan fingerprint density at radius 1 is 1.41 bits per heavy atom. The molecule has 0 heterocycles. The summed E-state index contributed by atoms with van der Waals surface area (Å²) < 4.78 is 41.9. The maximum Gasteiger partial charge on any atom is 0.416 e. The third kappa shape index (κ3) is 3.21. The van der Waals surface area contributed by atoms with Crippen molar-refractivity contribution in [2.24, 2.45) is 0 Å². The highest BCUT2D eigenvalue weighted by Gasteiger charge is 2.31. The number of benzene rings is 1. The Balaban J connectivity index is 3.29. The highest BCUT2D eigenvalue weighted by Crippen LogP contribution is 2.31. The van der Waals surface area contributed by atoms with Gasteiger partial charge in [0.05, 0.1) is 30.7 Å². The molecule has 0 aromatic heterocycles. The van der Waals surface area contributed by atoms with E-state index in [0.717, 1.165) is 13.2 Å². The Hall–Kier alpha value is -2.03. The summed E-state index contributed by atoms with van der Waals surface area (Å²) >= 11 is 0. The standard InChI is InChI=1S/C11H8F3NO2/c1-17-10(16)8-4-7(2-3-15)5-9(6-8)11(12,13)14/h4-6H,2H2,1H3. The third-order valence-electron chi connectivity index (χ3n) is 2.02. The first kappa shape index (κ1) is 13.0. The molecule has 0 aliphatic carbocycles. The molecule has 17 heavy (non-hydrogen) atoms. The number of carbonyl (C=O) groups excluding carboxylic acids is 1. The van der Waals surface area contributed by atoms with Gasteiger partial charge >= 0.3 is 12.1 Å². The quantitative estimate of drug-likeness (QED) is 0.750. The number of alkyl halides is 3. The highest BCUT2D eigenvalue weighted by molar-refractivity contribution is 5.89. The van der Waals surface area contributed by atoms with Crippen LogP contribution in [0.4, 0.5) is 13.2 Å². The lowest BCUT2D eigenvalue weighted by atomic mass is 10.0. The summed E-state index contributed by atoms with van der Waals surface area (Å²) in [7, 11) is 1.08. The molecule has 0 saturated heterocycles. The zero-order chi connectivity index (χ0) is 13.1. The van der Waals surface area contributed by atoms with E-state index in [-0.39, 0.29) is 17.5 Å². The fraction of sp³-hybridized carbons (Fsp3) is 0.273. The minimum Gasteiger partial charge on any atom is -0.465 e. The van der Waals surface area contributed by atoms with Crippen LogP contribution in [0.5, 0.6) is 0 Å². The summed E-state index contributed by atoms with van der Waals surface area (Å²) in [4.78, 5) is 11.2. The zero-order valence-corrected chi connectivity index (χ0v) is 8.84. The fourth-order valence-corrected chi connectivity index (χ4v) is 1.28. The van der Waals surface area contributed by atoms with Gasteiger partial charge < -0.3 is 4.74 Å². The van der Waals surface area contributed by atoms with Crippen molar-refractivity contribution in [2.45, 2.75) is 12.6 Å². The predicted molar refractivity (Wildman–Crippen MR) is 52.1 cm³/mol. The maximum absolute atomic E-state index is 12.5. The van der Waals surface area contributed by atoms with Crippen molar-refractivity contribution in [3.8, 4) is 6.07 Å². The van der Waals surface area contributed by atoms with Crippen molar-refractivity contribution in [3.05, 3.63) is 34.9 Å². The van der Waals surface area contributed by atoms with Crippen LogP contribution >= 0.6 is 0 Å². The number of ether oxygens (including phenoxy) is 1. The van der Waals surface area contributed by atoms with Crippen molar-refractivity contribution in [1.82, 2.24) is 0 Å². The monoisotopic (exact) mass is 243 g/mol. The highest BCUT2D eigenvalue weighted by atomic mass is 19.4. The van der Waals surface area contributed by atoms with E-state index in [0.29, 0.717) is 6.07 Å². The largest absolute Gasteiger partial charge is 0.465 e. The van der Waals surface area contributed by atoms with Gasteiger partial charge in [-0.3, -0.25) is 0 Å². The molecule has 0 unspecified atom stereocenters. The molecule has 0 saturated carbocycles. The molecule has 0 aliphatic heterocycles. The minimum atomic E-state index is -4.56. The van der Waals surface area contributed by atoms with Gasteiger partial charge in [-0.25, -0.2) is 4.79 Å². The van der Waals surface area contributed by atoms with Gasteiger partial charge in [0.15, 0.2) is 0 Å². The summed E-state index contributed by atoms with van der Waals surface area (Å²) in [6, 6.07) is 4.48. The molecular formula is C11H8F3NO2. The molecule has 6 heteroatoms. The number of esters is 1. The summed E-state index contributed by atoms with van der Waals surface area (Å²) in [6.45, 7) is 0. The number of methoxy groups -OCH3 is 1. The van der Waals surface area contributed by atoms with Gasteiger partial charge in [-0.15, -0.1) is 0 Å². The third-order valence-corrected chi connectivity index (χ3v) is 2.02. The Labute approximate surface area is 95.4 Å². The second kappa shape index (κ2) is 4.87. The summed E-state index contributed by atoms with van der Waals surface area (Å²) in [5.41, 5.74) is -1.05. The lowest BCUT2D eigenvalue weighted by molar-refractivity contribution is -0.137. The summed E-state index contributed by atoms with van der Waals surface area (Å²) in [5.74, 6) is -0.865. The van der Waals surface area contributed by atoms with Crippen LogP contribution in [0.2, 0.25) is 0 Å². The van der Waals surface area contributed by atoms with Gasteiger partial charge in [0.1, 0.15) is 0 Å². The SMILES string of the molecule is COC(=O)c1cc(CC#N)cc(C(F)(F)F)c1. The van der Waals surface area contributed by atoms with E-state index < -0.39 is 17.7 Å². The van der Waals surface area contributed by atoms with E-state index >= 15 is 0 Å². The molecule has 0 spiro atoms. The molecule has 0 atom stereocenters. The first-order valence-corrected chi connectivity index (χ1v) is 4.55. The first-order valence-electron chi connectivity index (χ1n) is 4.55. The number of carbonyl (C=O) groups is 1. The summed E-state index contributed by atoms with van der Waals surface area (Å²) in [6.07, 6.45) is -4.76. The fourth-order valence-electron chi connectivity index (χ4n) is 1.28. The second-order valence-corrected chi connectivity index (χ2v) is 3.24. The van der Waals surface area contributed by atoms with Gasteiger partial charge in [-0.05, 0) is 23.8 Å². The number of hydrogen-bond donors (Lipinski definition) is 0. The van der Waals surface area contributed by atoms with E-state index in [4.69, 9.17) is 5.26 Å². The van der Waals surface area contributed by atoms with Crippen LogP contribution in [-0.2, 0) is 17.3 Å². The van der Waals surface area contributed by atoms with Crippen molar-refractivity contribution in [3.63, 3.8) is 0 Å². The molecule has 0 amide bonds. The van der Waals surface area contributed by atoms with E-state index in [1.54, 1.807) is 6.07 Å². The molecule has 0 bridgehead atoms. The zero-order valence-electron chi connectivity index (χ0n) is 8.84. The van der Waals surface area contributed by atoms with E-state index in [1.807, 2.05) is 0 Å². The maximum atomic E-state index is 12.5. The van der Waals surface area contributed by atoms with Crippen molar-refractivity contribution in [1.29, 1.82) is 5.26 Å². The molecule has 0 N–H and O–H groups in total. The van der Waals surface area contributed by atoms with Gasteiger partial charge in [0.2, 0.25) is 0 Å². The molecule has 3 nitrogen and oxygen atoms in total. The molecular weight excluding hydrogens is 235 g/mol. The van der Waals surface area contributed by atoms with E-state index in [2.05, 4.69) is 4.74 Å². The molecule has 1 rings (SSSR count). The molecule has 0 fully saturated rings. The Bertz CT molecular complexity index is 475. The van der Waals surface area contributed by atoms with Crippen molar-refractivity contribution >= 4 is 5.97 Å². The first-order chi connectivity index (χ1) is 7.88. The van der Waals surface area contributed by atoms with Crippen LogP contribution < -0.4 is 0 Å². The molecule has 1 aromatic rings. The van der Waals surface area contributed by atoms with Crippen LogP contribution in [0.25, 0.3) is 0 Å². The molecule has 0 aliphatic rings. The Kier molecular flexibility index (Phi) is 3.73. The van der Waals surface area contributed by atoms with Crippen LogP contribution in [0.3, 0.4) is 0 Å². The Morgan fingerprint density at radius 3 is 2.53 bits per heavy atom. The van der Waals surface area contributed by atoms with Crippen LogP contribution in [0, 0.1) is 11.3 Å². The summed E-state index contributed by atoms with van der Waals surface area (Å²) in [5, 5.41) is 8.45. The van der Waals surface area contributed by atoms with Crippen molar-refractivity contribution < 1.29 is 22.7 Å². The van der Waals surface area contributed by atoms with Gasteiger partial charge in [0.25, 0.3) is 0 Å². The van der Waals surface area contributed by atoms with Crippen molar-refractivity contribution in [2.75, 3.05) is 7.11 Å². The second-order valence-electron chi connectivity index (χ2n) is 3.24. The Morgan fingerprint density at radius 2 is 2.06 bits per heavy atom. The van der Waals surface area contributed by atoms with E-state index in [9.17, 15) is 18.0 Å². The van der Waals surface area contributed by atoms with Gasteiger partial charge in [0, 0.05) is 0 Å². The number of rotatable bonds is 2. The minimum absolute atomic E-state index is 0.128. The van der Waals surface area contributed by atoms with Gasteiger partial charge in [-0.2, -0.15) is 18.4 Å². The van der Waals surface area contributed by atoms with Crippen LogP contribution in [-0.4, -0.2) is 13.1 Å². The molecule has 90 valence electrons. The van der Waals surface area contributed by atoms with Gasteiger partial charge in [-0.1, -0.05) is 0 Å². The van der Waals surface area contributed by atoms with Crippen LogP contribution in [0.15, 0.2) is 18.2 Å². The van der Waals surface area contributed by atoms with Crippen LogP contribution in [0.1, 0.15) is 21.5 Å².